The number of aliphatic hydroxyl groups excluding tert-OH is 1. The molecular weight excluding hydrogens is 266 g/mol. The molecule has 21 heavy (non-hydrogen) atoms. The first-order chi connectivity index (χ1) is 10.2. The van der Waals surface area contributed by atoms with Gasteiger partial charge in [-0.2, -0.15) is 0 Å². The molecule has 0 radical (unpaired) electrons. The molecule has 1 saturated carbocycles. The summed E-state index contributed by atoms with van der Waals surface area (Å²) < 4.78 is 4.74. The van der Waals surface area contributed by atoms with Gasteiger partial charge in [0.05, 0.1) is 13.5 Å². The summed E-state index contributed by atoms with van der Waals surface area (Å²) >= 11 is 0. The standard InChI is InChI=1S/C17H25NO3/c1-21-16(20)10-14-6-2-3-7-15(14)11-18-12-17(13-19)8-4-5-9-17/h2-3,6-7,18-19H,4-5,8-13H2,1H3. The fraction of sp³-hybridized carbons (Fsp3) is 0.588. The van der Waals surface area contributed by atoms with Gasteiger partial charge in [-0.3, -0.25) is 4.79 Å². The molecule has 0 amide bonds. The Kier molecular flexibility index (Phi) is 5.76. The summed E-state index contributed by atoms with van der Waals surface area (Å²) in [6.07, 6.45) is 4.92. The minimum Gasteiger partial charge on any atom is -0.469 e. The third-order valence-electron chi connectivity index (χ3n) is 4.50. The van der Waals surface area contributed by atoms with E-state index in [1.807, 2.05) is 24.3 Å². The van der Waals surface area contributed by atoms with Gasteiger partial charge >= 0.3 is 5.97 Å². The molecule has 0 saturated heterocycles. The van der Waals surface area contributed by atoms with Crippen LogP contribution in [0.3, 0.4) is 0 Å². The van der Waals surface area contributed by atoms with Gasteiger partial charge in [0.1, 0.15) is 0 Å². The number of rotatable bonds is 7. The zero-order chi connectivity index (χ0) is 15.1. The van der Waals surface area contributed by atoms with Crippen LogP contribution in [0.5, 0.6) is 0 Å². The lowest BCUT2D eigenvalue weighted by Crippen LogP contribution is -2.35. The normalized spacial score (nSPS) is 16.9. The topological polar surface area (TPSA) is 58.6 Å². The number of carbonyl (C=O) groups is 1. The molecule has 0 spiro atoms. The third-order valence-corrected chi connectivity index (χ3v) is 4.50. The van der Waals surface area contributed by atoms with Gasteiger partial charge in [0, 0.05) is 25.1 Å². The molecule has 2 N–H and O–H groups in total. The molecule has 1 fully saturated rings. The summed E-state index contributed by atoms with van der Waals surface area (Å²) in [5, 5.41) is 13.1. The summed E-state index contributed by atoms with van der Waals surface area (Å²) in [7, 11) is 1.41. The Morgan fingerprint density at radius 2 is 1.95 bits per heavy atom. The second-order valence-corrected chi connectivity index (χ2v) is 5.99. The first kappa shape index (κ1) is 16.0. The second kappa shape index (κ2) is 7.57. The van der Waals surface area contributed by atoms with Gasteiger partial charge in [-0.1, -0.05) is 37.1 Å². The molecule has 0 atom stereocenters. The first-order valence-corrected chi connectivity index (χ1v) is 7.64. The van der Waals surface area contributed by atoms with Crippen molar-refractivity contribution < 1.29 is 14.6 Å². The summed E-state index contributed by atoms with van der Waals surface area (Å²) in [6.45, 7) is 1.80. The number of nitrogens with one attached hydrogen (secondary N) is 1. The van der Waals surface area contributed by atoms with Crippen molar-refractivity contribution in [2.45, 2.75) is 38.6 Å². The molecule has 4 heteroatoms. The van der Waals surface area contributed by atoms with Crippen LogP contribution in [0.1, 0.15) is 36.8 Å². The van der Waals surface area contributed by atoms with E-state index in [1.54, 1.807) is 0 Å². The van der Waals surface area contributed by atoms with Gasteiger partial charge in [0.15, 0.2) is 0 Å². The highest BCUT2D eigenvalue weighted by molar-refractivity contribution is 5.72. The van der Waals surface area contributed by atoms with Crippen molar-refractivity contribution in [1.29, 1.82) is 0 Å². The molecule has 1 aromatic rings. The number of hydrogen-bond donors (Lipinski definition) is 2. The van der Waals surface area contributed by atoms with E-state index >= 15 is 0 Å². The van der Waals surface area contributed by atoms with Crippen molar-refractivity contribution in [3.05, 3.63) is 35.4 Å². The Bertz CT molecular complexity index is 467. The van der Waals surface area contributed by atoms with E-state index in [9.17, 15) is 9.90 Å². The van der Waals surface area contributed by atoms with Gasteiger partial charge in [-0.15, -0.1) is 0 Å². The van der Waals surface area contributed by atoms with E-state index in [4.69, 9.17) is 4.74 Å². The number of esters is 1. The van der Waals surface area contributed by atoms with Crippen LogP contribution in [0.15, 0.2) is 24.3 Å². The van der Waals surface area contributed by atoms with E-state index < -0.39 is 0 Å². The fourth-order valence-corrected chi connectivity index (χ4v) is 3.11. The average Bonchev–Trinajstić information content (AvgIpc) is 2.98. The molecule has 0 aliphatic heterocycles. The van der Waals surface area contributed by atoms with Crippen molar-refractivity contribution in [3.63, 3.8) is 0 Å². The van der Waals surface area contributed by atoms with E-state index in [1.165, 1.54) is 20.0 Å². The third kappa shape index (κ3) is 4.29. The highest BCUT2D eigenvalue weighted by Gasteiger charge is 2.32. The Hall–Kier alpha value is -1.39. The fourth-order valence-electron chi connectivity index (χ4n) is 3.11. The first-order valence-electron chi connectivity index (χ1n) is 7.64. The molecule has 116 valence electrons. The lowest BCUT2D eigenvalue weighted by Gasteiger charge is -2.27. The highest BCUT2D eigenvalue weighted by Crippen LogP contribution is 2.36. The number of carbonyl (C=O) groups excluding carboxylic acids is 1. The smallest absolute Gasteiger partial charge is 0.309 e. The lowest BCUT2D eigenvalue weighted by molar-refractivity contribution is -0.139. The average molecular weight is 291 g/mol. The predicted molar refractivity (Wildman–Crippen MR) is 81.9 cm³/mol. The van der Waals surface area contributed by atoms with Crippen molar-refractivity contribution in [2.24, 2.45) is 5.41 Å². The molecule has 0 unspecified atom stereocenters. The molecule has 0 bridgehead atoms. The second-order valence-electron chi connectivity index (χ2n) is 5.99. The van der Waals surface area contributed by atoms with Crippen LogP contribution in [0.4, 0.5) is 0 Å². The van der Waals surface area contributed by atoms with Crippen molar-refractivity contribution in [3.8, 4) is 0 Å². The van der Waals surface area contributed by atoms with Crippen LogP contribution in [0, 0.1) is 5.41 Å². The summed E-state index contributed by atoms with van der Waals surface area (Å²) in [6, 6.07) is 7.92. The van der Waals surface area contributed by atoms with Crippen molar-refractivity contribution in [1.82, 2.24) is 5.32 Å². The number of aliphatic hydroxyl groups is 1. The molecular formula is C17H25NO3. The highest BCUT2D eigenvalue weighted by atomic mass is 16.5. The molecule has 1 aromatic carbocycles. The van der Waals surface area contributed by atoms with Gasteiger partial charge in [-0.25, -0.2) is 0 Å². The van der Waals surface area contributed by atoms with Crippen LogP contribution < -0.4 is 5.32 Å². The van der Waals surface area contributed by atoms with Gasteiger partial charge in [-0.05, 0) is 24.0 Å². The van der Waals surface area contributed by atoms with E-state index in [-0.39, 0.29) is 18.0 Å². The minimum absolute atomic E-state index is 0.0529. The Morgan fingerprint density at radius 1 is 1.29 bits per heavy atom. The Labute approximate surface area is 126 Å². The van der Waals surface area contributed by atoms with Crippen LogP contribution in [-0.2, 0) is 22.5 Å². The van der Waals surface area contributed by atoms with Gasteiger partial charge in [0.25, 0.3) is 0 Å². The molecule has 1 aliphatic carbocycles. The van der Waals surface area contributed by atoms with E-state index in [2.05, 4.69) is 5.32 Å². The monoisotopic (exact) mass is 291 g/mol. The Balaban J connectivity index is 1.92. The SMILES string of the molecule is COC(=O)Cc1ccccc1CNCC1(CO)CCCC1. The van der Waals surface area contributed by atoms with Crippen molar-refractivity contribution in [2.75, 3.05) is 20.3 Å². The summed E-state index contributed by atoms with van der Waals surface area (Å²) in [5.74, 6) is -0.218. The number of benzene rings is 1. The maximum absolute atomic E-state index is 11.4. The van der Waals surface area contributed by atoms with Crippen LogP contribution in [-0.4, -0.2) is 31.3 Å². The maximum Gasteiger partial charge on any atom is 0.309 e. The van der Waals surface area contributed by atoms with E-state index in [0.717, 1.165) is 37.1 Å². The largest absolute Gasteiger partial charge is 0.469 e. The Morgan fingerprint density at radius 3 is 2.57 bits per heavy atom. The van der Waals surface area contributed by atoms with Gasteiger partial charge in [0.2, 0.25) is 0 Å². The van der Waals surface area contributed by atoms with Crippen LogP contribution >= 0.6 is 0 Å². The number of methoxy groups -OCH3 is 1. The minimum atomic E-state index is -0.218. The van der Waals surface area contributed by atoms with E-state index in [0.29, 0.717) is 6.42 Å². The zero-order valence-corrected chi connectivity index (χ0v) is 12.7. The predicted octanol–water partition coefficient (Wildman–Crippen LogP) is 2.04. The molecule has 0 aromatic heterocycles. The summed E-state index contributed by atoms with van der Waals surface area (Å²) in [5.41, 5.74) is 2.17. The van der Waals surface area contributed by atoms with Gasteiger partial charge < -0.3 is 15.2 Å². The van der Waals surface area contributed by atoms with Crippen molar-refractivity contribution >= 4 is 5.97 Å². The van der Waals surface area contributed by atoms with Crippen LogP contribution in [0.25, 0.3) is 0 Å². The number of hydrogen-bond acceptors (Lipinski definition) is 4. The van der Waals surface area contributed by atoms with Crippen LogP contribution in [0.2, 0.25) is 0 Å². The lowest BCUT2D eigenvalue weighted by atomic mass is 9.87. The molecule has 0 heterocycles. The maximum atomic E-state index is 11.4. The zero-order valence-electron chi connectivity index (χ0n) is 12.7. The molecule has 2 rings (SSSR count). The molecule has 1 aliphatic rings. The quantitative estimate of drug-likeness (QED) is 0.755. The molecule has 4 nitrogen and oxygen atoms in total. The number of ether oxygens (including phenoxy) is 1. The summed E-state index contributed by atoms with van der Waals surface area (Å²) in [4.78, 5) is 11.4.